The molecule has 0 saturated heterocycles. The van der Waals surface area contributed by atoms with Crippen molar-refractivity contribution in [2.75, 3.05) is 13.7 Å². The predicted molar refractivity (Wildman–Crippen MR) is 173 cm³/mol. The zero-order valence-electron chi connectivity index (χ0n) is 25.0. The van der Waals surface area contributed by atoms with Gasteiger partial charge in [-0.05, 0) is 96.7 Å². The highest BCUT2D eigenvalue weighted by molar-refractivity contribution is 9.10. The van der Waals surface area contributed by atoms with Gasteiger partial charge in [-0.15, -0.1) is 0 Å². The van der Waals surface area contributed by atoms with Crippen LogP contribution < -0.4 is 19.6 Å². The number of aromatic carboxylic acids is 1. The summed E-state index contributed by atoms with van der Waals surface area (Å²) >= 11 is 4.83. The molecule has 44 heavy (non-hydrogen) atoms. The molecule has 5 rings (SSSR count). The number of nitrogens with zero attached hydrogens (tertiary/aromatic N) is 3. The summed E-state index contributed by atoms with van der Waals surface area (Å²) < 4.78 is 15.6. The first kappa shape index (κ1) is 31.2. The lowest BCUT2D eigenvalue weighted by atomic mass is 9.94. The quantitative estimate of drug-likeness (QED) is 0.236. The predicted octanol–water partition coefficient (Wildman–Crippen LogP) is 5.46. The molecule has 0 fully saturated rings. The maximum absolute atomic E-state index is 14.2. The minimum absolute atomic E-state index is 0.190. The number of aromatic nitrogens is 2. The number of aryl methyl sites for hydroxylation is 1. The highest BCUT2D eigenvalue weighted by Crippen LogP contribution is 2.36. The van der Waals surface area contributed by atoms with Crippen LogP contribution in [0.2, 0.25) is 0 Å². The summed E-state index contributed by atoms with van der Waals surface area (Å²) in [6.45, 7) is 7.82. The molecule has 0 radical (unpaired) electrons. The summed E-state index contributed by atoms with van der Waals surface area (Å²) in [5.41, 5.74) is 4.85. The van der Waals surface area contributed by atoms with E-state index < -0.39 is 18.0 Å². The molecule has 0 saturated carbocycles. The van der Waals surface area contributed by atoms with E-state index in [2.05, 4.69) is 15.9 Å². The fraction of sp³-hybridized carbons (Fsp3) is 0.273. The molecular formula is C33H32BrN3O6S. The molecule has 2 aromatic heterocycles. The van der Waals surface area contributed by atoms with E-state index in [4.69, 9.17) is 14.5 Å². The Morgan fingerprint density at radius 1 is 1.14 bits per heavy atom. The highest BCUT2D eigenvalue weighted by atomic mass is 79.9. The first-order valence-corrected chi connectivity index (χ1v) is 15.8. The molecule has 1 aliphatic rings. The maximum atomic E-state index is 14.2. The van der Waals surface area contributed by atoms with Crippen LogP contribution in [-0.2, 0) is 9.53 Å². The van der Waals surface area contributed by atoms with Gasteiger partial charge in [0.05, 0.1) is 45.6 Å². The Hall–Kier alpha value is -4.22. The zero-order chi connectivity index (χ0) is 31.7. The van der Waals surface area contributed by atoms with E-state index in [9.17, 15) is 19.5 Å². The molecule has 0 aliphatic carbocycles. The van der Waals surface area contributed by atoms with Gasteiger partial charge in [0, 0.05) is 17.1 Å². The molecule has 0 spiro atoms. The molecule has 3 heterocycles. The average molecular weight is 679 g/mol. The topological polar surface area (TPSA) is 112 Å². The lowest BCUT2D eigenvalue weighted by Gasteiger charge is -2.26. The van der Waals surface area contributed by atoms with Crippen molar-refractivity contribution in [3.8, 4) is 11.4 Å². The third-order valence-corrected chi connectivity index (χ3v) is 9.09. The standard InChI is InChI=1S/C33H32BrN3O6S/c1-6-9-25-28(32(41)43-7-2)29(20-12-13-26(42-5)24(34)16-20)37-30(38)27(44-33(37)35-25)17-22-14-18(3)36(19(22)4)23-11-8-10-21(15-23)31(39)40/h8,10-17,29H,6-7,9H2,1-5H3,(H,39,40)/b27-17-/t29-/m0/s1. The maximum Gasteiger partial charge on any atom is 0.338 e. The number of carboxylic acid groups (broad SMARTS) is 1. The summed E-state index contributed by atoms with van der Waals surface area (Å²) in [6, 6.07) is 13.5. The molecule has 9 nitrogen and oxygen atoms in total. The van der Waals surface area contributed by atoms with Crippen LogP contribution in [0, 0.1) is 13.8 Å². The smallest absolute Gasteiger partial charge is 0.338 e. The van der Waals surface area contributed by atoms with Crippen molar-refractivity contribution < 1.29 is 24.2 Å². The van der Waals surface area contributed by atoms with Crippen LogP contribution in [0.3, 0.4) is 0 Å². The van der Waals surface area contributed by atoms with Gasteiger partial charge in [0.2, 0.25) is 0 Å². The van der Waals surface area contributed by atoms with Crippen LogP contribution in [0.1, 0.15) is 65.6 Å². The van der Waals surface area contributed by atoms with E-state index in [0.717, 1.165) is 29.1 Å². The Balaban J connectivity index is 1.72. The third-order valence-electron chi connectivity index (χ3n) is 7.49. The van der Waals surface area contributed by atoms with Crippen molar-refractivity contribution in [3.05, 3.63) is 112 Å². The molecule has 1 N–H and O–H groups in total. The highest BCUT2D eigenvalue weighted by Gasteiger charge is 2.34. The van der Waals surface area contributed by atoms with Gasteiger partial charge in [0.15, 0.2) is 4.80 Å². The first-order chi connectivity index (χ1) is 21.1. The molecule has 4 aromatic rings. The number of carbonyl (C=O) groups excluding carboxylic acids is 1. The second-order valence-corrected chi connectivity index (χ2v) is 12.2. The minimum Gasteiger partial charge on any atom is -0.496 e. The van der Waals surface area contributed by atoms with Crippen molar-refractivity contribution in [2.45, 2.75) is 46.6 Å². The summed E-state index contributed by atoms with van der Waals surface area (Å²) in [6.07, 6.45) is 3.13. The lowest BCUT2D eigenvalue weighted by Crippen LogP contribution is -2.40. The van der Waals surface area contributed by atoms with E-state index in [1.807, 2.05) is 55.7 Å². The monoisotopic (exact) mass is 677 g/mol. The van der Waals surface area contributed by atoms with Gasteiger partial charge in [-0.25, -0.2) is 14.6 Å². The van der Waals surface area contributed by atoms with Crippen molar-refractivity contribution >= 4 is 45.3 Å². The number of carboxylic acids is 1. The summed E-state index contributed by atoms with van der Waals surface area (Å²) in [5, 5.41) is 9.48. The first-order valence-electron chi connectivity index (χ1n) is 14.2. The van der Waals surface area contributed by atoms with Crippen molar-refractivity contribution in [2.24, 2.45) is 4.99 Å². The molecule has 0 unspecified atom stereocenters. The van der Waals surface area contributed by atoms with Crippen LogP contribution in [0.5, 0.6) is 5.75 Å². The fourth-order valence-electron chi connectivity index (χ4n) is 5.54. The average Bonchev–Trinajstić information content (AvgIpc) is 3.45. The number of rotatable bonds is 9. The largest absolute Gasteiger partial charge is 0.496 e. The van der Waals surface area contributed by atoms with E-state index in [1.165, 1.54) is 11.3 Å². The number of methoxy groups -OCH3 is 1. The van der Waals surface area contributed by atoms with Crippen LogP contribution in [-0.4, -0.2) is 39.9 Å². The van der Waals surface area contributed by atoms with Gasteiger partial charge >= 0.3 is 11.9 Å². The number of thiazole rings is 1. The van der Waals surface area contributed by atoms with E-state index in [1.54, 1.807) is 42.9 Å². The van der Waals surface area contributed by atoms with Gasteiger partial charge in [-0.1, -0.05) is 36.8 Å². The number of halogens is 1. The van der Waals surface area contributed by atoms with Crippen molar-refractivity contribution in [1.29, 1.82) is 0 Å². The Morgan fingerprint density at radius 3 is 2.57 bits per heavy atom. The number of hydrogen-bond donors (Lipinski definition) is 1. The number of allylic oxidation sites excluding steroid dienone is 1. The number of carbonyl (C=O) groups is 2. The van der Waals surface area contributed by atoms with Crippen molar-refractivity contribution in [1.82, 2.24) is 9.13 Å². The Morgan fingerprint density at radius 2 is 1.91 bits per heavy atom. The van der Waals surface area contributed by atoms with Gasteiger partial charge in [-0.3, -0.25) is 9.36 Å². The van der Waals surface area contributed by atoms with Gasteiger partial charge in [-0.2, -0.15) is 0 Å². The second kappa shape index (κ2) is 12.8. The zero-order valence-corrected chi connectivity index (χ0v) is 27.4. The van der Waals surface area contributed by atoms with E-state index >= 15 is 0 Å². The molecule has 228 valence electrons. The molecule has 2 aromatic carbocycles. The Bertz CT molecular complexity index is 2000. The summed E-state index contributed by atoms with van der Waals surface area (Å²) in [4.78, 5) is 44.5. The number of ether oxygens (including phenoxy) is 2. The number of hydrogen-bond acceptors (Lipinski definition) is 7. The molecule has 0 amide bonds. The Kier molecular flexibility index (Phi) is 9.07. The Labute approximate surface area is 266 Å². The SMILES string of the molecule is CCCC1=C(C(=O)OCC)[C@H](c2ccc(OC)c(Br)c2)n2c(s/c(=C\c3cc(C)n(-c4cccc(C(=O)O)c4)c3C)c2=O)=N1. The number of fused-ring (bicyclic) bond motifs is 1. The van der Waals surface area contributed by atoms with Crippen LogP contribution in [0.25, 0.3) is 11.8 Å². The summed E-state index contributed by atoms with van der Waals surface area (Å²) in [7, 11) is 1.58. The third kappa shape index (κ3) is 5.69. The van der Waals surface area contributed by atoms with Crippen LogP contribution in [0.15, 0.2) is 74.1 Å². The van der Waals surface area contributed by atoms with Crippen molar-refractivity contribution in [3.63, 3.8) is 0 Å². The molecule has 11 heteroatoms. The number of esters is 1. The second-order valence-electron chi connectivity index (χ2n) is 10.3. The minimum atomic E-state index is -1.00. The van der Waals surface area contributed by atoms with Gasteiger partial charge in [0.25, 0.3) is 5.56 Å². The number of benzene rings is 2. The fourth-order valence-corrected chi connectivity index (χ4v) is 7.11. The van der Waals surface area contributed by atoms with Crippen LogP contribution in [0.4, 0.5) is 0 Å². The summed E-state index contributed by atoms with van der Waals surface area (Å²) in [5.74, 6) is -0.877. The lowest BCUT2D eigenvalue weighted by molar-refractivity contribution is -0.139. The molecular weight excluding hydrogens is 646 g/mol. The molecule has 1 aliphatic heterocycles. The van der Waals surface area contributed by atoms with Crippen LogP contribution >= 0.6 is 27.3 Å². The van der Waals surface area contributed by atoms with E-state index in [-0.39, 0.29) is 17.7 Å². The molecule has 1 atom stereocenters. The van der Waals surface area contributed by atoms with Gasteiger partial charge in [0.1, 0.15) is 5.75 Å². The van der Waals surface area contributed by atoms with E-state index in [0.29, 0.717) is 42.8 Å². The van der Waals surface area contributed by atoms with Gasteiger partial charge < -0.3 is 19.1 Å². The normalized spacial score (nSPS) is 14.8. The molecule has 0 bridgehead atoms.